The Morgan fingerprint density at radius 3 is 2.55 bits per heavy atom. The number of halogens is 1. The van der Waals surface area contributed by atoms with Gasteiger partial charge in [-0.1, -0.05) is 24.3 Å². The molecule has 1 N–H and O–H groups in total. The lowest BCUT2D eigenvalue weighted by Crippen LogP contribution is -2.25. The second-order valence-electron chi connectivity index (χ2n) is 11.0. The highest BCUT2D eigenvalue weighted by Gasteiger charge is 2.28. The highest BCUT2D eigenvalue weighted by Crippen LogP contribution is 2.44. The summed E-state index contributed by atoms with van der Waals surface area (Å²) in [6.07, 6.45) is 4.22. The number of Topliss-reactive ketones (excluding diaryl/α,β-unsaturated/α-hetero) is 1. The number of benzene rings is 3. The molecule has 0 unspecified atom stereocenters. The first kappa shape index (κ1) is 26.4. The van der Waals surface area contributed by atoms with Gasteiger partial charge in [-0.15, -0.1) is 0 Å². The molecule has 3 aromatic carbocycles. The molecular weight excluding hydrogens is 535 g/mol. The fourth-order valence-corrected chi connectivity index (χ4v) is 6.30. The first-order chi connectivity index (χ1) is 20.6. The maximum Gasteiger partial charge on any atom is 0.409 e. The summed E-state index contributed by atoms with van der Waals surface area (Å²) in [4.78, 5) is 26.3. The maximum atomic E-state index is 14.0. The Morgan fingerprint density at radius 1 is 1.02 bits per heavy atom. The van der Waals surface area contributed by atoms with E-state index >= 15 is 0 Å². The van der Waals surface area contributed by atoms with Crippen molar-refractivity contribution in [2.45, 2.75) is 31.6 Å². The second-order valence-corrected chi connectivity index (χ2v) is 11.0. The second kappa shape index (κ2) is 11.1. The molecule has 0 saturated carbocycles. The Labute approximate surface area is 242 Å². The third-order valence-corrected chi connectivity index (χ3v) is 8.43. The summed E-state index contributed by atoms with van der Waals surface area (Å²) < 4.78 is 27.0. The van der Waals surface area contributed by atoms with Crippen LogP contribution in [-0.4, -0.2) is 64.5 Å². The summed E-state index contributed by atoms with van der Waals surface area (Å²) in [5.74, 6) is 0.00817. The molecule has 0 atom stereocenters. The van der Waals surface area contributed by atoms with E-state index in [9.17, 15) is 14.0 Å². The van der Waals surface area contributed by atoms with E-state index in [-0.39, 0.29) is 23.6 Å². The summed E-state index contributed by atoms with van der Waals surface area (Å²) >= 11 is 0. The molecular formula is C33H31FN4O4. The number of rotatable bonds is 8. The predicted octanol–water partition coefficient (Wildman–Crippen LogP) is 6.62. The van der Waals surface area contributed by atoms with E-state index in [4.69, 9.17) is 9.47 Å². The molecule has 0 spiro atoms. The quantitative estimate of drug-likeness (QED) is 0.213. The molecule has 2 aliphatic heterocycles. The van der Waals surface area contributed by atoms with Crippen molar-refractivity contribution in [3.8, 4) is 16.8 Å². The number of aromatic amines is 1. The Balaban J connectivity index is 1.30. The van der Waals surface area contributed by atoms with Crippen LogP contribution in [0.5, 0.6) is 0 Å². The Morgan fingerprint density at radius 2 is 1.81 bits per heavy atom. The van der Waals surface area contributed by atoms with E-state index in [1.165, 1.54) is 12.1 Å². The van der Waals surface area contributed by atoms with Crippen LogP contribution >= 0.6 is 0 Å². The SMILES string of the molecule is O=C(CCCN1CCOC1=O)c1ccc(-c2c(C3CCOCC3)n(-c3ccc(F)cc3)c3cc4cn[nH]c4cc23)cc1. The Bertz CT molecular complexity index is 1770. The fraction of sp³-hybridized carbons (Fsp3) is 0.303. The van der Waals surface area contributed by atoms with Crippen molar-refractivity contribution in [3.63, 3.8) is 0 Å². The van der Waals surface area contributed by atoms with Gasteiger partial charge in [-0.3, -0.25) is 9.89 Å². The van der Waals surface area contributed by atoms with Crippen LogP contribution in [0.25, 0.3) is 38.6 Å². The van der Waals surface area contributed by atoms with Crippen molar-refractivity contribution in [1.29, 1.82) is 0 Å². The zero-order valence-corrected chi connectivity index (χ0v) is 23.1. The van der Waals surface area contributed by atoms with Crippen LogP contribution in [0.4, 0.5) is 9.18 Å². The molecule has 0 radical (unpaired) electrons. The molecule has 214 valence electrons. The largest absolute Gasteiger partial charge is 0.448 e. The number of hydrogen-bond acceptors (Lipinski definition) is 5. The molecule has 2 fully saturated rings. The van der Waals surface area contributed by atoms with Crippen LogP contribution < -0.4 is 0 Å². The third kappa shape index (κ3) is 4.83. The van der Waals surface area contributed by atoms with E-state index in [0.29, 0.717) is 51.3 Å². The van der Waals surface area contributed by atoms with Crippen LogP contribution in [0.1, 0.15) is 47.7 Å². The van der Waals surface area contributed by atoms with Gasteiger partial charge in [-0.05, 0) is 61.2 Å². The lowest BCUT2D eigenvalue weighted by molar-refractivity contribution is 0.0843. The van der Waals surface area contributed by atoms with Crippen LogP contribution in [0, 0.1) is 5.82 Å². The molecule has 0 bridgehead atoms. The van der Waals surface area contributed by atoms with Crippen LogP contribution in [0.2, 0.25) is 0 Å². The fourth-order valence-electron chi connectivity index (χ4n) is 6.30. The van der Waals surface area contributed by atoms with Gasteiger partial charge in [-0.2, -0.15) is 5.10 Å². The lowest BCUT2D eigenvalue weighted by Gasteiger charge is -2.26. The molecule has 0 aliphatic carbocycles. The number of amides is 1. The highest BCUT2D eigenvalue weighted by molar-refractivity contribution is 6.06. The molecule has 8 nitrogen and oxygen atoms in total. The number of nitrogens with zero attached hydrogens (tertiary/aromatic N) is 3. The zero-order chi connectivity index (χ0) is 28.6. The third-order valence-electron chi connectivity index (χ3n) is 8.43. The average molecular weight is 567 g/mol. The number of ether oxygens (including phenoxy) is 2. The number of carbonyl (C=O) groups excluding carboxylic acids is 2. The smallest absolute Gasteiger partial charge is 0.409 e. The number of fused-ring (bicyclic) bond motifs is 2. The summed E-state index contributed by atoms with van der Waals surface area (Å²) in [5, 5.41) is 9.42. The van der Waals surface area contributed by atoms with E-state index in [1.54, 1.807) is 4.90 Å². The van der Waals surface area contributed by atoms with Crippen molar-refractivity contribution >= 4 is 33.7 Å². The van der Waals surface area contributed by atoms with Crippen LogP contribution in [0.3, 0.4) is 0 Å². The highest BCUT2D eigenvalue weighted by atomic mass is 19.1. The zero-order valence-electron chi connectivity index (χ0n) is 23.1. The average Bonchev–Trinajstić information content (AvgIpc) is 3.74. The first-order valence-corrected chi connectivity index (χ1v) is 14.5. The molecule has 5 aromatic rings. The van der Waals surface area contributed by atoms with Gasteiger partial charge in [0, 0.05) is 65.4 Å². The summed E-state index contributed by atoms with van der Waals surface area (Å²) in [7, 11) is 0. The topological polar surface area (TPSA) is 89.4 Å². The van der Waals surface area contributed by atoms with E-state index in [2.05, 4.69) is 26.9 Å². The van der Waals surface area contributed by atoms with Gasteiger partial charge in [0.15, 0.2) is 5.78 Å². The van der Waals surface area contributed by atoms with Crippen LogP contribution in [-0.2, 0) is 9.47 Å². The van der Waals surface area contributed by atoms with Crippen molar-refractivity contribution in [2.75, 3.05) is 32.9 Å². The minimum atomic E-state index is -0.306. The number of aromatic nitrogens is 3. The summed E-state index contributed by atoms with van der Waals surface area (Å²) in [6, 6.07) is 18.8. The molecule has 2 aliphatic rings. The van der Waals surface area contributed by atoms with E-state index < -0.39 is 0 Å². The van der Waals surface area contributed by atoms with E-state index in [0.717, 1.165) is 57.2 Å². The predicted molar refractivity (Wildman–Crippen MR) is 158 cm³/mol. The minimum Gasteiger partial charge on any atom is -0.448 e. The Kier molecular flexibility index (Phi) is 6.95. The van der Waals surface area contributed by atoms with Crippen molar-refractivity contribution in [2.24, 2.45) is 0 Å². The maximum absolute atomic E-state index is 14.0. The van der Waals surface area contributed by atoms with Gasteiger partial charge in [0.2, 0.25) is 0 Å². The minimum absolute atomic E-state index is 0.0478. The van der Waals surface area contributed by atoms with Gasteiger partial charge in [0.25, 0.3) is 0 Å². The van der Waals surface area contributed by atoms with Gasteiger partial charge < -0.3 is 18.9 Å². The molecule has 1 amide bonds. The van der Waals surface area contributed by atoms with Crippen molar-refractivity contribution < 1.29 is 23.5 Å². The molecule has 2 aromatic heterocycles. The lowest BCUT2D eigenvalue weighted by atomic mass is 9.89. The van der Waals surface area contributed by atoms with Gasteiger partial charge in [0.05, 0.1) is 23.8 Å². The number of carbonyl (C=O) groups is 2. The first-order valence-electron chi connectivity index (χ1n) is 14.5. The number of hydrogen-bond donors (Lipinski definition) is 1. The van der Waals surface area contributed by atoms with Crippen molar-refractivity contribution in [1.82, 2.24) is 19.7 Å². The van der Waals surface area contributed by atoms with Crippen molar-refractivity contribution in [3.05, 3.63) is 83.9 Å². The number of H-pyrrole nitrogens is 1. The van der Waals surface area contributed by atoms with Gasteiger partial charge in [-0.25, -0.2) is 9.18 Å². The number of nitrogens with one attached hydrogen (secondary N) is 1. The summed E-state index contributed by atoms with van der Waals surface area (Å²) in [6.45, 7) is 2.87. The van der Waals surface area contributed by atoms with Gasteiger partial charge >= 0.3 is 6.09 Å². The summed E-state index contributed by atoms with van der Waals surface area (Å²) in [5.41, 5.74) is 6.78. The van der Waals surface area contributed by atoms with E-state index in [1.807, 2.05) is 42.6 Å². The van der Waals surface area contributed by atoms with Crippen LogP contribution in [0.15, 0.2) is 66.9 Å². The molecule has 42 heavy (non-hydrogen) atoms. The van der Waals surface area contributed by atoms with Gasteiger partial charge in [0.1, 0.15) is 12.4 Å². The monoisotopic (exact) mass is 566 g/mol. The molecule has 9 heteroatoms. The standard InChI is InChI=1S/C33H31FN4O4/c34-25-7-9-26(10-8-25)38-29-18-24-20-35-36-28(24)19-27(29)31(32(38)23-11-15-41-16-12-23)22-5-3-21(4-6-22)30(39)2-1-13-37-14-17-42-33(37)40/h3-10,18-20,23H,1-2,11-17H2,(H,35,36). The molecule has 4 heterocycles. The molecule has 2 saturated heterocycles. The number of ketones is 1. The molecule has 7 rings (SSSR count). The Hall–Kier alpha value is -4.50. The normalized spacial score (nSPS) is 16.0. The number of cyclic esters (lactones) is 1.